The van der Waals surface area contributed by atoms with Gasteiger partial charge in [0.05, 0.1) is 11.8 Å². The minimum absolute atomic E-state index is 0.111. The topological polar surface area (TPSA) is 50.8 Å². The maximum absolute atomic E-state index is 13.6. The van der Waals surface area contributed by atoms with E-state index in [-0.39, 0.29) is 23.9 Å². The number of rotatable bonds is 5. The average Bonchev–Trinajstić information content (AvgIpc) is 3.08. The molecule has 132 valence electrons. The molecule has 1 amide bonds. The molecule has 0 saturated carbocycles. The lowest BCUT2D eigenvalue weighted by Crippen LogP contribution is -2.41. The number of ether oxygens (including phenoxy) is 2. The SMILES string of the molecule is CC(=O)N1CCC(Nc2cc(F)ccc2OC[C@H]2CCCO2)CC1. The number of nitrogens with zero attached hydrogens (tertiary/aromatic N) is 1. The van der Waals surface area contributed by atoms with E-state index in [4.69, 9.17) is 9.47 Å². The van der Waals surface area contributed by atoms with Crippen LogP contribution in [0.2, 0.25) is 0 Å². The maximum atomic E-state index is 13.6. The third-order valence-corrected chi connectivity index (χ3v) is 4.69. The van der Waals surface area contributed by atoms with Crippen LogP contribution < -0.4 is 10.1 Å². The van der Waals surface area contributed by atoms with Crippen molar-refractivity contribution >= 4 is 11.6 Å². The fraction of sp³-hybridized carbons (Fsp3) is 0.611. The lowest BCUT2D eigenvalue weighted by Gasteiger charge is -2.32. The van der Waals surface area contributed by atoms with Crippen molar-refractivity contribution in [2.75, 3.05) is 31.6 Å². The van der Waals surface area contributed by atoms with Crippen molar-refractivity contribution in [1.82, 2.24) is 4.90 Å². The first kappa shape index (κ1) is 17.0. The summed E-state index contributed by atoms with van der Waals surface area (Å²) in [6, 6.07) is 4.76. The van der Waals surface area contributed by atoms with Gasteiger partial charge in [0.15, 0.2) is 0 Å². The Balaban J connectivity index is 1.59. The Morgan fingerprint density at radius 3 is 2.83 bits per heavy atom. The number of nitrogens with one attached hydrogen (secondary N) is 1. The van der Waals surface area contributed by atoms with Gasteiger partial charge < -0.3 is 19.7 Å². The second kappa shape index (κ2) is 7.83. The van der Waals surface area contributed by atoms with Crippen LogP contribution in [0.25, 0.3) is 0 Å². The van der Waals surface area contributed by atoms with E-state index in [9.17, 15) is 9.18 Å². The molecule has 5 nitrogen and oxygen atoms in total. The lowest BCUT2D eigenvalue weighted by atomic mass is 10.0. The van der Waals surface area contributed by atoms with E-state index in [1.54, 1.807) is 13.0 Å². The highest BCUT2D eigenvalue weighted by Gasteiger charge is 2.22. The normalized spacial score (nSPS) is 21.8. The molecule has 0 spiro atoms. The first-order valence-electron chi connectivity index (χ1n) is 8.68. The number of piperidine rings is 1. The van der Waals surface area contributed by atoms with Crippen LogP contribution in [0.1, 0.15) is 32.6 Å². The summed E-state index contributed by atoms with van der Waals surface area (Å²) in [6.07, 6.45) is 3.90. The molecule has 1 atom stereocenters. The van der Waals surface area contributed by atoms with Crippen molar-refractivity contribution in [3.63, 3.8) is 0 Å². The fourth-order valence-electron chi connectivity index (χ4n) is 3.26. The number of hydrogen-bond donors (Lipinski definition) is 1. The number of amides is 1. The van der Waals surface area contributed by atoms with Gasteiger partial charge in [0.2, 0.25) is 5.91 Å². The summed E-state index contributed by atoms with van der Waals surface area (Å²) in [6.45, 7) is 4.33. The molecule has 1 aromatic carbocycles. The number of anilines is 1. The molecule has 3 rings (SSSR count). The Labute approximate surface area is 142 Å². The maximum Gasteiger partial charge on any atom is 0.219 e. The Bertz CT molecular complexity index is 567. The average molecular weight is 336 g/mol. The van der Waals surface area contributed by atoms with Gasteiger partial charge in [0, 0.05) is 38.7 Å². The number of benzene rings is 1. The van der Waals surface area contributed by atoms with E-state index in [1.165, 1.54) is 12.1 Å². The van der Waals surface area contributed by atoms with Gasteiger partial charge in [-0.3, -0.25) is 4.79 Å². The van der Waals surface area contributed by atoms with E-state index in [0.29, 0.717) is 18.0 Å². The lowest BCUT2D eigenvalue weighted by molar-refractivity contribution is -0.129. The van der Waals surface area contributed by atoms with Crippen molar-refractivity contribution in [1.29, 1.82) is 0 Å². The van der Waals surface area contributed by atoms with Gasteiger partial charge in [0.25, 0.3) is 0 Å². The molecule has 0 radical (unpaired) electrons. The van der Waals surface area contributed by atoms with Crippen LogP contribution in [0.3, 0.4) is 0 Å². The minimum Gasteiger partial charge on any atom is -0.489 e. The van der Waals surface area contributed by atoms with Crippen molar-refractivity contribution in [3.05, 3.63) is 24.0 Å². The van der Waals surface area contributed by atoms with Crippen molar-refractivity contribution in [3.8, 4) is 5.75 Å². The molecule has 0 aromatic heterocycles. The zero-order valence-corrected chi connectivity index (χ0v) is 14.1. The van der Waals surface area contributed by atoms with Gasteiger partial charge in [-0.1, -0.05) is 0 Å². The van der Waals surface area contributed by atoms with Crippen LogP contribution in [-0.4, -0.2) is 49.3 Å². The molecule has 6 heteroatoms. The highest BCUT2D eigenvalue weighted by Crippen LogP contribution is 2.28. The number of halogens is 1. The van der Waals surface area contributed by atoms with Gasteiger partial charge in [0.1, 0.15) is 18.2 Å². The standard InChI is InChI=1S/C18H25FN2O3/c1-13(22)21-8-6-15(7-9-21)20-17-11-14(19)4-5-18(17)24-12-16-3-2-10-23-16/h4-5,11,15-16,20H,2-3,6-10,12H2,1H3/t16-/m1/s1. The van der Waals surface area contributed by atoms with E-state index in [1.807, 2.05) is 4.90 Å². The molecule has 2 aliphatic rings. The first-order valence-corrected chi connectivity index (χ1v) is 8.68. The summed E-state index contributed by atoms with van der Waals surface area (Å²) >= 11 is 0. The molecule has 1 N–H and O–H groups in total. The largest absolute Gasteiger partial charge is 0.489 e. The highest BCUT2D eigenvalue weighted by atomic mass is 19.1. The van der Waals surface area contributed by atoms with Gasteiger partial charge in [-0.25, -0.2) is 4.39 Å². The molecule has 2 aliphatic heterocycles. The number of hydrogen-bond acceptors (Lipinski definition) is 4. The van der Waals surface area contributed by atoms with Gasteiger partial charge in [-0.2, -0.15) is 0 Å². The third-order valence-electron chi connectivity index (χ3n) is 4.69. The van der Waals surface area contributed by atoms with E-state index in [2.05, 4.69) is 5.32 Å². The Morgan fingerprint density at radius 2 is 2.17 bits per heavy atom. The smallest absolute Gasteiger partial charge is 0.219 e. The Morgan fingerprint density at radius 1 is 1.38 bits per heavy atom. The summed E-state index contributed by atoms with van der Waals surface area (Å²) in [5, 5.41) is 3.38. The molecule has 24 heavy (non-hydrogen) atoms. The predicted octanol–water partition coefficient (Wildman–Crippen LogP) is 2.81. The summed E-state index contributed by atoms with van der Waals surface area (Å²) in [7, 11) is 0. The summed E-state index contributed by atoms with van der Waals surface area (Å²) < 4.78 is 25.1. The molecule has 2 fully saturated rings. The molecular weight excluding hydrogens is 311 g/mol. The molecule has 0 unspecified atom stereocenters. The predicted molar refractivity (Wildman–Crippen MR) is 89.8 cm³/mol. The third kappa shape index (κ3) is 4.38. The van der Waals surface area contributed by atoms with Crippen LogP contribution in [0.5, 0.6) is 5.75 Å². The fourth-order valence-corrected chi connectivity index (χ4v) is 3.26. The van der Waals surface area contributed by atoms with Crippen molar-refractivity contribution in [2.45, 2.75) is 44.8 Å². The monoisotopic (exact) mass is 336 g/mol. The van der Waals surface area contributed by atoms with Crippen LogP contribution in [0, 0.1) is 5.82 Å². The minimum atomic E-state index is -0.289. The number of likely N-dealkylation sites (tertiary alicyclic amines) is 1. The molecule has 2 heterocycles. The van der Waals surface area contributed by atoms with Crippen LogP contribution >= 0.6 is 0 Å². The molecule has 0 aliphatic carbocycles. The Hall–Kier alpha value is -1.82. The number of carbonyl (C=O) groups excluding carboxylic acids is 1. The second-order valence-corrected chi connectivity index (χ2v) is 6.51. The van der Waals surface area contributed by atoms with Gasteiger partial charge in [-0.15, -0.1) is 0 Å². The number of carbonyl (C=O) groups is 1. The van der Waals surface area contributed by atoms with Crippen molar-refractivity contribution < 1.29 is 18.7 Å². The molecule has 0 bridgehead atoms. The Kier molecular flexibility index (Phi) is 5.56. The highest BCUT2D eigenvalue weighted by molar-refractivity contribution is 5.73. The van der Waals surface area contributed by atoms with Gasteiger partial charge >= 0.3 is 0 Å². The van der Waals surface area contributed by atoms with Crippen LogP contribution in [0.15, 0.2) is 18.2 Å². The first-order chi connectivity index (χ1) is 11.6. The quantitative estimate of drug-likeness (QED) is 0.898. The molecular formula is C18H25FN2O3. The van der Waals surface area contributed by atoms with Crippen molar-refractivity contribution in [2.24, 2.45) is 0 Å². The van der Waals surface area contributed by atoms with E-state index < -0.39 is 0 Å². The van der Waals surface area contributed by atoms with Crippen LogP contribution in [0.4, 0.5) is 10.1 Å². The van der Waals surface area contributed by atoms with Gasteiger partial charge in [-0.05, 0) is 37.8 Å². The van der Waals surface area contributed by atoms with Crippen LogP contribution in [-0.2, 0) is 9.53 Å². The summed E-state index contributed by atoms with van der Waals surface area (Å²) in [5.74, 6) is 0.476. The zero-order valence-electron chi connectivity index (χ0n) is 14.1. The summed E-state index contributed by atoms with van der Waals surface area (Å²) in [4.78, 5) is 13.2. The second-order valence-electron chi connectivity index (χ2n) is 6.51. The van der Waals surface area contributed by atoms with E-state index >= 15 is 0 Å². The van der Waals surface area contributed by atoms with E-state index in [0.717, 1.165) is 45.4 Å². The summed E-state index contributed by atoms with van der Waals surface area (Å²) in [5.41, 5.74) is 0.675. The molecule has 1 aromatic rings. The zero-order chi connectivity index (χ0) is 16.9. The molecule has 2 saturated heterocycles.